The smallest absolute Gasteiger partial charge is 0.410 e. The van der Waals surface area contributed by atoms with Crippen molar-refractivity contribution >= 4 is 17.0 Å². The van der Waals surface area contributed by atoms with Crippen LogP contribution in [0.4, 0.5) is 4.79 Å². The molecule has 3 rings (SSSR count). The average Bonchev–Trinajstić information content (AvgIpc) is 2.92. The summed E-state index contributed by atoms with van der Waals surface area (Å²) >= 11 is 0. The van der Waals surface area contributed by atoms with Crippen LogP contribution in [-0.4, -0.2) is 67.7 Å². The van der Waals surface area contributed by atoms with E-state index in [-0.39, 0.29) is 6.09 Å². The number of hydrogen-bond acceptors (Lipinski definition) is 4. The zero-order valence-corrected chi connectivity index (χ0v) is 14.5. The number of likely N-dealkylation sites (tertiary alicyclic amines) is 1. The summed E-state index contributed by atoms with van der Waals surface area (Å²) in [4.78, 5) is 19.8. The second-order valence-corrected chi connectivity index (χ2v) is 6.56. The second-order valence-electron chi connectivity index (χ2n) is 6.56. The lowest BCUT2D eigenvalue weighted by atomic mass is 10.1. The van der Waals surface area contributed by atoms with Gasteiger partial charge in [-0.15, -0.1) is 0 Å². The van der Waals surface area contributed by atoms with Crippen LogP contribution in [0.3, 0.4) is 0 Å². The SMILES string of the molecule is CN(C)CCc1c[nH]c2cccc(OC(=O)NCCN3CCC3)c12. The summed E-state index contributed by atoms with van der Waals surface area (Å²) in [6.07, 6.45) is 3.78. The molecule has 0 bridgehead atoms. The number of fused-ring (bicyclic) bond motifs is 1. The van der Waals surface area contributed by atoms with E-state index in [1.165, 1.54) is 12.0 Å². The first-order chi connectivity index (χ1) is 11.6. The summed E-state index contributed by atoms with van der Waals surface area (Å²) in [5.41, 5.74) is 2.16. The molecule has 2 aromatic rings. The molecule has 1 fully saturated rings. The van der Waals surface area contributed by atoms with Gasteiger partial charge in [0.2, 0.25) is 0 Å². The van der Waals surface area contributed by atoms with Crippen molar-refractivity contribution in [2.75, 3.05) is 46.8 Å². The first-order valence-electron chi connectivity index (χ1n) is 8.55. The summed E-state index contributed by atoms with van der Waals surface area (Å²) < 4.78 is 5.56. The quantitative estimate of drug-likeness (QED) is 0.816. The molecule has 6 heteroatoms. The van der Waals surface area contributed by atoms with E-state index in [4.69, 9.17) is 4.74 Å². The molecule has 6 nitrogen and oxygen atoms in total. The molecule has 1 aliphatic heterocycles. The predicted molar refractivity (Wildman–Crippen MR) is 95.6 cm³/mol. The van der Waals surface area contributed by atoms with Crippen LogP contribution in [0.1, 0.15) is 12.0 Å². The van der Waals surface area contributed by atoms with Gasteiger partial charge in [-0.25, -0.2) is 4.79 Å². The van der Waals surface area contributed by atoms with Crippen LogP contribution >= 0.6 is 0 Å². The van der Waals surface area contributed by atoms with E-state index in [2.05, 4.69) is 34.2 Å². The van der Waals surface area contributed by atoms with Crippen molar-refractivity contribution < 1.29 is 9.53 Å². The van der Waals surface area contributed by atoms with E-state index < -0.39 is 0 Å². The Morgan fingerprint density at radius 3 is 2.92 bits per heavy atom. The molecule has 0 atom stereocenters. The lowest BCUT2D eigenvalue weighted by Crippen LogP contribution is -2.42. The highest BCUT2D eigenvalue weighted by Gasteiger charge is 2.15. The fourth-order valence-electron chi connectivity index (χ4n) is 2.90. The number of rotatable bonds is 7. The van der Waals surface area contributed by atoms with Gasteiger partial charge >= 0.3 is 6.09 Å². The number of nitrogens with zero attached hydrogens (tertiary/aromatic N) is 2. The Labute approximate surface area is 142 Å². The molecule has 1 amide bonds. The van der Waals surface area contributed by atoms with Gasteiger partial charge in [0.15, 0.2) is 0 Å². The monoisotopic (exact) mass is 330 g/mol. The van der Waals surface area contributed by atoms with Gasteiger partial charge in [-0.1, -0.05) is 6.07 Å². The number of aromatic nitrogens is 1. The third kappa shape index (κ3) is 4.07. The molecule has 0 spiro atoms. The molecule has 0 aliphatic carbocycles. The molecule has 1 aliphatic rings. The maximum Gasteiger partial charge on any atom is 0.412 e. The number of amides is 1. The number of aromatic amines is 1. The molecule has 0 radical (unpaired) electrons. The molecule has 0 unspecified atom stereocenters. The van der Waals surface area contributed by atoms with E-state index in [1.807, 2.05) is 24.4 Å². The Balaban J connectivity index is 1.64. The molecular weight excluding hydrogens is 304 g/mol. The fourth-order valence-corrected chi connectivity index (χ4v) is 2.90. The molecule has 1 aromatic carbocycles. The van der Waals surface area contributed by atoms with Gasteiger partial charge in [0, 0.05) is 36.7 Å². The van der Waals surface area contributed by atoms with Crippen molar-refractivity contribution in [1.82, 2.24) is 20.1 Å². The third-order valence-corrected chi connectivity index (χ3v) is 4.43. The summed E-state index contributed by atoms with van der Waals surface area (Å²) in [6, 6.07) is 5.75. The Morgan fingerprint density at radius 1 is 1.38 bits per heavy atom. The van der Waals surface area contributed by atoms with Crippen LogP contribution in [0.15, 0.2) is 24.4 Å². The standard InChI is InChI=1S/C18H26N4O2/c1-21(2)11-7-14-13-20-15-5-3-6-16(17(14)15)24-18(23)19-8-12-22-9-4-10-22/h3,5-6,13,20H,4,7-12H2,1-2H3,(H,19,23). The lowest BCUT2D eigenvalue weighted by Gasteiger charge is -2.30. The highest BCUT2D eigenvalue weighted by Crippen LogP contribution is 2.29. The topological polar surface area (TPSA) is 60.6 Å². The van der Waals surface area contributed by atoms with Crippen molar-refractivity contribution in [2.24, 2.45) is 0 Å². The summed E-state index contributed by atoms with van der Waals surface area (Å²) in [6.45, 7) is 4.72. The normalized spacial score (nSPS) is 14.8. The van der Waals surface area contributed by atoms with Crippen LogP contribution in [0.25, 0.3) is 10.9 Å². The number of hydrogen-bond donors (Lipinski definition) is 2. The summed E-state index contributed by atoms with van der Waals surface area (Å²) in [7, 11) is 4.11. The van der Waals surface area contributed by atoms with Gasteiger partial charge < -0.3 is 24.8 Å². The highest BCUT2D eigenvalue weighted by molar-refractivity contribution is 5.91. The number of carbonyl (C=O) groups excluding carboxylic acids is 1. The second kappa shape index (κ2) is 7.68. The minimum absolute atomic E-state index is 0.386. The van der Waals surface area contributed by atoms with Gasteiger partial charge in [-0.05, 0) is 57.7 Å². The van der Waals surface area contributed by atoms with Gasteiger partial charge in [0.1, 0.15) is 5.75 Å². The number of carbonyl (C=O) groups is 1. The largest absolute Gasteiger partial charge is 0.412 e. The molecular formula is C18H26N4O2. The Morgan fingerprint density at radius 2 is 2.21 bits per heavy atom. The highest BCUT2D eigenvalue weighted by atomic mass is 16.6. The number of nitrogens with one attached hydrogen (secondary N) is 2. The molecule has 0 saturated carbocycles. The molecule has 1 aromatic heterocycles. The molecule has 2 N–H and O–H groups in total. The van der Waals surface area contributed by atoms with Gasteiger partial charge in [-0.3, -0.25) is 0 Å². The number of likely N-dealkylation sites (N-methyl/N-ethyl adjacent to an activating group) is 1. The fraction of sp³-hybridized carbons (Fsp3) is 0.500. The van der Waals surface area contributed by atoms with Crippen molar-refractivity contribution in [2.45, 2.75) is 12.8 Å². The number of ether oxygens (including phenoxy) is 1. The minimum Gasteiger partial charge on any atom is -0.410 e. The van der Waals surface area contributed by atoms with E-state index >= 15 is 0 Å². The minimum atomic E-state index is -0.386. The number of H-pyrrole nitrogens is 1. The van der Waals surface area contributed by atoms with Crippen LogP contribution in [0.2, 0.25) is 0 Å². The zero-order chi connectivity index (χ0) is 16.9. The summed E-state index contributed by atoms with van der Waals surface area (Å²) in [5, 5.41) is 3.83. The van der Waals surface area contributed by atoms with Crippen molar-refractivity contribution in [3.8, 4) is 5.75 Å². The molecule has 1 saturated heterocycles. The first kappa shape index (κ1) is 16.8. The number of benzene rings is 1. The molecule has 130 valence electrons. The van der Waals surface area contributed by atoms with E-state index in [0.29, 0.717) is 12.3 Å². The van der Waals surface area contributed by atoms with Crippen LogP contribution in [0, 0.1) is 0 Å². The van der Waals surface area contributed by atoms with Crippen molar-refractivity contribution in [1.29, 1.82) is 0 Å². The third-order valence-electron chi connectivity index (χ3n) is 4.43. The molecule has 24 heavy (non-hydrogen) atoms. The maximum atomic E-state index is 12.1. The van der Waals surface area contributed by atoms with Crippen molar-refractivity contribution in [3.05, 3.63) is 30.0 Å². The van der Waals surface area contributed by atoms with E-state index in [1.54, 1.807) is 0 Å². The average molecular weight is 330 g/mol. The van der Waals surface area contributed by atoms with Gasteiger partial charge in [0.05, 0.1) is 0 Å². The molecule has 2 heterocycles. The van der Waals surface area contributed by atoms with Crippen LogP contribution in [-0.2, 0) is 6.42 Å². The maximum absolute atomic E-state index is 12.1. The first-order valence-corrected chi connectivity index (χ1v) is 8.55. The Kier molecular flexibility index (Phi) is 5.37. The van der Waals surface area contributed by atoms with E-state index in [9.17, 15) is 4.79 Å². The van der Waals surface area contributed by atoms with Crippen molar-refractivity contribution in [3.63, 3.8) is 0 Å². The lowest BCUT2D eigenvalue weighted by molar-refractivity contribution is 0.174. The van der Waals surface area contributed by atoms with Crippen LogP contribution in [0.5, 0.6) is 5.75 Å². The van der Waals surface area contributed by atoms with Crippen LogP contribution < -0.4 is 10.1 Å². The van der Waals surface area contributed by atoms with Gasteiger partial charge in [-0.2, -0.15) is 0 Å². The summed E-state index contributed by atoms with van der Waals surface area (Å²) in [5.74, 6) is 0.615. The zero-order valence-electron chi connectivity index (χ0n) is 14.5. The Hall–Kier alpha value is -2.05. The van der Waals surface area contributed by atoms with E-state index in [0.717, 1.165) is 43.5 Å². The van der Waals surface area contributed by atoms with Gasteiger partial charge in [0.25, 0.3) is 0 Å². The Bertz CT molecular complexity index is 691. The predicted octanol–water partition coefficient (Wildman–Crippen LogP) is 2.07.